The molecule has 2 aliphatic rings. The van der Waals surface area contributed by atoms with Crippen molar-refractivity contribution in [1.29, 1.82) is 0 Å². The van der Waals surface area contributed by atoms with Gasteiger partial charge in [-0.25, -0.2) is 4.79 Å². The molecule has 1 aromatic rings. The highest BCUT2D eigenvalue weighted by Crippen LogP contribution is 2.41. The highest BCUT2D eigenvalue weighted by atomic mass is 19.4. The smallest absolute Gasteiger partial charge is 0.333 e. The molecule has 3 nitrogen and oxygen atoms in total. The van der Waals surface area contributed by atoms with Gasteiger partial charge in [-0.05, 0) is 36.8 Å². The maximum Gasteiger partial charge on any atom is 0.416 e. The number of amides is 2. The van der Waals surface area contributed by atoms with Gasteiger partial charge in [0.25, 0.3) is 0 Å². The van der Waals surface area contributed by atoms with E-state index in [2.05, 4.69) is 10.6 Å². The number of rotatable bonds is 1. The molecule has 1 heterocycles. The van der Waals surface area contributed by atoms with Crippen LogP contribution in [0.15, 0.2) is 24.3 Å². The molecule has 3 unspecified atom stereocenters. The van der Waals surface area contributed by atoms with Crippen LogP contribution in [0, 0.1) is 0 Å². The Kier molecular flexibility index (Phi) is 3.11. The summed E-state index contributed by atoms with van der Waals surface area (Å²) in [6.07, 6.45) is -2.41. The van der Waals surface area contributed by atoms with Crippen molar-refractivity contribution in [2.45, 2.75) is 43.4 Å². The van der Waals surface area contributed by atoms with Gasteiger partial charge in [-0.1, -0.05) is 18.2 Å². The molecule has 6 heteroatoms. The Morgan fingerprint density at radius 3 is 2.50 bits per heavy atom. The number of carbonyl (C=O) groups is 1. The van der Waals surface area contributed by atoms with E-state index in [9.17, 15) is 18.0 Å². The van der Waals surface area contributed by atoms with Crippen LogP contribution in [0.4, 0.5) is 18.0 Å². The Labute approximate surface area is 114 Å². The van der Waals surface area contributed by atoms with Crippen LogP contribution in [0.5, 0.6) is 0 Å². The molecule has 1 aromatic carbocycles. The van der Waals surface area contributed by atoms with Gasteiger partial charge in [0.15, 0.2) is 0 Å². The molecule has 1 aliphatic heterocycles. The maximum absolute atomic E-state index is 13.1. The minimum absolute atomic E-state index is 0.0526. The SMILES string of the molecule is O=C1NC2CCC(c3ccccc3C(F)(F)F)CC2N1. The summed E-state index contributed by atoms with van der Waals surface area (Å²) < 4.78 is 39.2. The molecule has 2 N–H and O–H groups in total. The highest BCUT2D eigenvalue weighted by molar-refractivity contribution is 5.77. The van der Waals surface area contributed by atoms with Crippen molar-refractivity contribution < 1.29 is 18.0 Å². The molecule has 2 amide bonds. The van der Waals surface area contributed by atoms with Gasteiger partial charge in [0.05, 0.1) is 17.6 Å². The highest BCUT2D eigenvalue weighted by Gasteiger charge is 2.40. The van der Waals surface area contributed by atoms with Gasteiger partial charge >= 0.3 is 12.2 Å². The second-order valence-corrected chi connectivity index (χ2v) is 5.43. The van der Waals surface area contributed by atoms with Crippen LogP contribution in [0.1, 0.15) is 36.3 Å². The summed E-state index contributed by atoms with van der Waals surface area (Å²) in [7, 11) is 0. The minimum atomic E-state index is -4.33. The van der Waals surface area contributed by atoms with Crippen LogP contribution in [-0.2, 0) is 6.18 Å². The lowest BCUT2D eigenvalue weighted by atomic mass is 9.78. The lowest BCUT2D eigenvalue weighted by Crippen LogP contribution is -2.39. The van der Waals surface area contributed by atoms with Crippen molar-refractivity contribution >= 4 is 6.03 Å². The molecule has 20 heavy (non-hydrogen) atoms. The van der Waals surface area contributed by atoms with E-state index < -0.39 is 11.7 Å². The molecule has 2 fully saturated rings. The average Bonchev–Trinajstić information content (AvgIpc) is 2.76. The monoisotopic (exact) mass is 284 g/mol. The Morgan fingerprint density at radius 1 is 1.05 bits per heavy atom. The van der Waals surface area contributed by atoms with Crippen LogP contribution in [0.2, 0.25) is 0 Å². The Balaban J connectivity index is 1.86. The molecule has 0 radical (unpaired) electrons. The summed E-state index contributed by atoms with van der Waals surface area (Å²) >= 11 is 0. The van der Waals surface area contributed by atoms with Crippen molar-refractivity contribution in [2.75, 3.05) is 0 Å². The summed E-state index contributed by atoms with van der Waals surface area (Å²) in [6, 6.07) is 5.51. The van der Waals surface area contributed by atoms with Crippen LogP contribution < -0.4 is 10.6 Å². The van der Waals surface area contributed by atoms with E-state index in [4.69, 9.17) is 0 Å². The molecule has 3 rings (SSSR count). The normalized spacial score (nSPS) is 29.6. The molecular weight excluding hydrogens is 269 g/mol. The van der Waals surface area contributed by atoms with Crippen molar-refractivity contribution in [3.05, 3.63) is 35.4 Å². The van der Waals surface area contributed by atoms with Gasteiger partial charge in [0.2, 0.25) is 0 Å². The first-order valence-corrected chi connectivity index (χ1v) is 6.68. The zero-order valence-corrected chi connectivity index (χ0v) is 10.7. The number of halogens is 3. The second kappa shape index (κ2) is 4.68. The summed E-state index contributed by atoms with van der Waals surface area (Å²) in [5.41, 5.74) is -0.208. The van der Waals surface area contributed by atoms with E-state index >= 15 is 0 Å². The molecule has 1 saturated carbocycles. The third-order valence-corrected chi connectivity index (χ3v) is 4.19. The number of fused-ring (bicyclic) bond motifs is 1. The lowest BCUT2D eigenvalue weighted by Gasteiger charge is -2.32. The van der Waals surface area contributed by atoms with Gasteiger partial charge in [-0.2, -0.15) is 13.2 Å². The third kappa shape index (κ3) is 2.34. The molecule has 0 spiro atoms. The zero-order valence-electron chi connectivity index (χ0n) is 10.7. The number of alkyl halides is 3. The van der Waals surface area contributed by atoms with E-state index in [1.165, 1.54) is 6.07 Å². The summed E-state index contributed by atoms with van der Waals surface area (Å²) in [5, 5.41) is 5.58. The fraction of sp³-hybridized carbons (Fsp3) is 0.500. The van der Waals surface area contributed by atoms with Gasteiger partial charge in [-0.3, -0.25) is 0 Å². The van der Waals surface area contributed by atoms with Crippen molar-refractivity contribution in [1.82, 2.24) is 10.6 Å². The molecular formula is C14H15F3N2O. The molecule has 1 aliphatic carbocycles. The number of hydrogen-bond donors (Lipinski definition) is 2. The summed E-state index contributed by atoms with van der Waals surface area (Å²) in [6.45, 7) is 0. The fourth-order valence-electron chi connectivity index (χ4n) is 3.27. The topological polar surface area (TPSA) is 41.1 Å². The Morgan fingerprint density at radius 2 is 1.75 bits per heavy atom. The van der Waals surface area contributed by atoms with E-state index in [1.807, 2.05) is 0 Å². The van der Waals surface area contributed by atoms with Crippen molar-refractivity contribution in [2.24, 2.45) is 0 Å². The first kappa shape index (κ1) is 13.3. The van der Waals surface area contributed by atoms with E-state index in [0.717, 1.165) is 6.07 Å². The average molecular weight is 284 g/mol. The van der Waals surface area contributed by atoms with Gasteiger partial charge < -0.3 is 10.6 Å². The van der Waals surface area contributed by atoms with Crippen LogP contribution >= 0.6 is 0 Å². The molecule has 3 atom stereocenters. The number of hydrogen-bond acceptors (Lipinski definition) is 1. The lowest BCUT2D eigenvalue weighted by molar-refractivity contribution is -0.138. The Hall–Kier alpha value is -1.72. The number of urea groups is 1. The Bertz CT molecular complexity index is 529. The second-order valence-electron chi connectivity index (χ2n) is 5.43. The summed E-state index contributed by atoms with van der Waals surface area (Å²) in [4.78, 5) is 11.3. The number of nitrogens with one attached hydrogen (secondary N) is 2. The number of carbonyl (C=O) groups excluding carboxylic acids is 1. The van der Waals surface area contributed by atoms with E-state index in [1.54, 1.807) is 12.1 Å². The molecule has 0 bridgehead atoms. The van der Waals surface area contributed by atoms with Crippen LogP contribution in [-0.4, -0.2) is 18.1 Å². The predicted octanol–water partition coefficient (Wildman–Crippen LogP) is 3.02. The quantitative estimate of drug-likeness (QED) is 0.817. The van der Waals surface area contributed by atoms with E-state index in [-0.39, 0.29) is 24.0 Å². The first-order valence-electron chi connectivity index (χ1n) is 6.68. The van der Waals surface area contributed by atoms with Crippen LogP contribution in [0.3, 0.4) is 0 Å². The standard InChI is InChI=1S/C14H15F3N2O/c15-14(16,17)10-4-2-1-3-9(10)8-5-6-11-12(7-8)19-13(20)18-11/h1-4,8,11-12H,5-7H2,(H2,18,19,20). The zero-order chi connectivity index (χ0) is 14.3. The first-order chi connectivity index (χ1) is 9.45. The molecule has 0 aromatic heterocycles. The van der Waals surface area contributed by atoms with E-state index in [0.29, 0.717) is 24.8 Å². The molecule has 1 saturated heterocycles. The maximum atomic E-state index is 13.1. The summed E-state index contributed by atoms with van der Waals surface area (Å²) in [5.74, 6) is -0.158. The number of benzene rings is 1. The third-order valence-electron chi connectivity index (χ3n) is 4.19. The predicted molar refractivity (Wildman–Crippen MR) is 67.3 cm³/mol. The van der Waals surface area contributed by atoms with Crippen LogP contribution in [0.25, 0.3) is 0 Å². The van der Waals surface area contributed by atoms with Gasteiger partial charge in [0, 0.05) is 0 Å². The minimum Gasteiger partial charge on any atom is -0.333 e. The molecule has 108 valence electrons. The van der Waals surface area contributed by atoms with Crippen molar-refractivity contribution in [3.63, 3.8) is 0 Å². The van der Waals surface area contributed by atoms with Crippen molar-refractivity contribution in [3.8, 4) is 0 Å². The van der Waals surface area contributed by atoms with Gasteiger partial charge in [-0.15, -0.1) is 0 Å². The largest absolute Gasteiger partial charge is 0.416 e. The van der Waals surface area contributed by atoms with Gasteiger partial charge in [0.1, 0.15) is 0 Å². The fourth-order valence-corrected chi connectivity index (χ4v) is 3.27.